The van der Waals surface area contributed by atoms with Gasteiger partial charge in [0.15, 0.2) is 0 Å². The number of hydrogen-bond donors (Lipinski definition) is 2. The van der Waals surface area contributed by atoms with Crippen molar-refractivity contribution >= 4 is 11.7 Å². The summed E-state index contributed by atoms with van der Waals surface area (Å²) in [6, 6.07) is 10.5. The van der Waals surface area contributed by atoms with Crippen molar-refractivity contribution in [2.75, 3.05) is 38.1 Å². The van der Waals surface area contributed by atoms with Gasteiger partial charge in [0, 0.05) is 57.2 Å². The maximum Gasteiger partial charge on any atom is 0.317 e. The van der Waals surface area contributed by atoms with Crippen LogP contribution in [0.3, 0.4) is 0 Å². The third-order valence-corrected chi connectivity index (χ3v) is 4.51. The molecule has 6 nitrogen and oxygen atoms in total. The van der Waals surface area contributed by atoms with E-state index in [0.717, 1.165) is 38.2 Å². The Kier molecular flexibility index (Phi) is 5.36. The predicted octanol–water partition coefficient (Wildman–Crippen LogP) is 2.12. The first-order valence-electron chi connectivity index (χ1n) is 8.48. The van der Waals surface area contributed by atoms with Gasteiger partial charge in [0.2, 0.25) is 0 Å². The molecule has 0 saturated carbocycles. The highest BCUT2D eigenvalue weighted by molar-refractivity contribution is 5.73. The van der Waals surface area contributed by atoms with Crippen molar-refractivity contribution in [3.05, 3.63) is 48.5 Å². The fourth-order valence-corrected chi connectivity index (χ4v) is 3.19. The van der Waals surface area contributed by atoms with E-state index < -0.39 is 0 Å². The normalized spacial score (nSPS) is 17.0. The number of aromatic amines is 1. The lowest BCUT2D eigenvalue weighted by Crippen LogP contribution is -2.41. The van der Waals surface area contributed by atoms with Gasteiger partial charge in [0.25, 0.3) is 0 Å². The van der Waals surface area contributed by atoms with Crippen molar-refractivity contribution in [3.8, 4) is 0 Å². The molecule has 0 bridgehead atoms. The molecule has 0 radical (unpaired) electrons. The molecule has 0 aliphatic carbocycles. The first kappa shape index (κ1) is 16.4. The summed E-state index contributed by atoms with van der Waals surface area (Å²) >= 11 is 0. The number of rotatable bonds is 6. The Labute approximate surface area is 142 Å². The van der Waals surface area contributed by atoms with Crippen LogP contribution in [0.15, 0.2) is 42.9 Å². The van der Waals surface area contributed by atoms with Crippen LogP contribution in [0.25, 0.3) is 0 Å². The maximum atomic E-state index is 12.2. The van der Waals surface area contributed by atoms with Crippen LogP contribution >= 0.6 is 0 Å². The highest BCUT2D eigenvalue weighted by Gasteiger charge is 2.24. The number of hydrogen-bond acceptors (Lipinski definition) is 3. The van der Waals surface area contributed by atoms with Gasteiger partial charge < -0.3 is 20.1 Å². The second-order valence-corrected chi connectivity index (χ2v) is 6.38. The number of H-pyrrole nitrogens is 1. The maximum absolute atomic E-state index is 12.2. The van der Waals surface area contributed by atoms with E-state index >= 15 is 0 Å². The summed E-state index contributed by atoms with van der Waals surface area (Å²) in [5, 5.41) is 2.96. The van der Waals surface area contributed by atoms with Crippen LogP contribution in [-0.4, -0.2) is 54.1 Å². The third kappa shape index (κ3) is 4.28. The van der Waals surface area contributed by atoms with Crippen LogP contribution in [0.1, 0.15) is 12.1 Å². The van der Waals surface area contributed by atoms with E-state index in [2.05, 4.69) is 44.5 Å². The Hall–Kier alpha value is -2.50. The quantitative estimate of drug-likeness (QED) is 0.854. The highest BCUT2D eigenvalue weighted by atomic mass is 16.2. The van der Waals surface area contributed by atoms with E-state index in [0.29, 0.717) is 12.5 Å². The summed E-state index contributed by atoms with van der Waals surface area (Å²) in [4.78, 5) is 23.4. The molecule has 1 saturated heterocycles. The molecule has 1 aliphatic rings. The van der Waals surface area contributed by atoms with Gasteiger partial charge in [-0.2, -0.15) is 0 Å². The van der Waals surface area contributed by atoms with Crippen LogP contribution in [-0.2, 0) is 6.42 Å². The Balaban J connectivity index is 1.40. The number of anilines is 1. The molecular formula is C18H25N5O. The lowest BCUT2D eigenvalue weighted by molar-refractivity contribution is 0.202. The summed E-state index contributed by atoms with van der Waals surface area (Å²) < 4.78 is 0. The molecular weight excluding hydrogens is 302 g/mol. The van der Waals surface area contributed by atoms with Crippen molar-refractivity contribution < 1.29 is 4.79 Å². The SMILES string of the molecule is CN(C[C@H]1CCN(c2ccccc2)C1)C(=O)NCCc1cnc[nH]1. The first-order chi connectivity index (χ1) is 11.7. The lowest BCUT2D eigenvalue weighted by Gasteiger charge is -2.23. The zero-order valence-electron chi connectivity index (χ0n) is 14.1. The Bertz CT molecular complexity index is 628. The summed E-state index contributed by atoms with van der Waals surface area (Å²) in [7, 11) is 1.87. The zero-order valence-corrected chi connectivity index (χ0v) is 14.1. The molecule has 24 heavy (non-hydrogen) atoms. The van der Waals surface area contributed by atoms with Crippen molar-refractivity contribution in [3.63, 3.8) is 0 Å². The predicted molar refractivity (Wildman–Crippen MR) is 95.1 cm³/mol. The minimum atomic E-state index is -0.00678. The topological polar surface area (TPSA) is 64.3 Å². The number of urea groups is 1. The number of benzene rings is 1. The number of imidazole rings is 1. The molecule has 0 spiro atoms. The molecule has 1 atom stereocenters. The van der Waals surface area contributed by atoms with Crippen LogP contribution in [0.4, 0.5) is 10.5 Å². The molecule has 1 aromatic heterocycles. The number of para-hydroxylation sites is 1. The number of aromatic nitrogens is 2. The van der Waals surface area contributed by atoms with Gasteiger partial charge >= 0.3 is 6.03 Å². The molecule has 6 heteroatoms. The van der Waals surface area contributed by atoms with Crippen molar-refractivity contribution in [1.82, 2.24) is 20.2 Å². The molecule has 2 heterocycles. The van der Waals surface area contributed by atoms with E-state index in [1.165, 1.54) is 5.69 Å². The molecule has 2 amide bonds. The second kappa shape index (κ2) is 7.86. The van der Waals surface area contributed by atoms with Crippen LogP contribution in [0, 0.1) is 5.92 Å². The van der Waals surface area contributed by atoms with Crippen molar-refractivity contribution in [2.24, 2.45) is 5.92 Å². The Morgan fingerprint density at radius 1 is 1.42 bits per heavy atom. The van der Waals surface area contributed by atoms with Gasteiger partial charge in [-0.05, 0) is 24.5 Å². The zero-order chi connectivity index (χ0) is 16.8. The van der Waals surface area contributed by atoms with E-state index in [1.54, 1.807) is 17.4 Å². The summed E-state index contributed by atoms with van der Waals surface area (Å²) in [5.74, 6) is 0.522. The number of amides is 2. The molecule has 0 unspecified atom stereocenters. The average Bonchev–Trinajstić information content (AvgIpc) is 3.27. The monoisotopic (exact) mass is 327 g/mol. The van der Waals surface area contributed by atoms with Gasteiger partial charge in [-0.3, -0.25) is 0 Å². The number of carbonyl (C=O) groups excluding carboxylic acids is 1. The molecule has 2 N–H and O–H groups in total. The van der Waals surface area contributed by atoms with Gasteiger partial charge in [-0.25, -0.2) is 9.78 Å². The number of carbonyl (C=O) groups is 1. The van der Waals surface area contributed by atoms with Crippen LogP contribution in [0.2, 0.25) is 0 Å². The standard InChI is InChI=1S/C18H25N5O/c1-22(18(24)20-9-7-16-11-19-14-21-16)12-15-8-10-23(13-15)17-5-3-2-4-6-17/h2-6,11,14-15H,7-10,12-13H2,1H3,(H,19,21)(H,20,24)/t15-/m1/s1. The van der Waals surface area contributed by atoms with Crippen LogP contribution < -0.4 is 10.2 Å². The average molecular weight is 327 g/mol. The number of nitrogens with one attached hydrogen (secondary N) is 2. The first-order valence-corrected chi connectivity index (χ1v) is 8.48. The molecule has 1 aromatic carbocycles. The van der Waals surface area contributed by atoms with Gasteiger partial charge in [-0.1, -0.05) is 18.2 Å². The number of nitrogens with zero attached hydrogens (tertiary/aromatic N) is 3. The van der Waals surface area contributed by atoms with E-state index in [1.807, 2.05) is 13.1 Å². The summed E-state index contributed by atoms with van der Waals surface area (Å²) in [5.41, 5.74) is 2.30. The second-order valence-electron chi connectivity index (χ2n) is 6.38. The molecule has 128 valence electrons. The van der Waals surface area contributed by atoms with E-state index in [9.17, 15) is 4.79 Å². The smallest absolute Gasteiger partial charge is 0.317 e. The fraction of sp³-hybridized carbons (Fsp3) is 0.444. The third-order valence-electron chi connectivity index (χ3n) is 4.51. The Morgan fingerprint density at radius 2 is 2.25 bits per heavy atom. The minimum absolute atomic E-state index is 0.00678. The minimum Gasteiger partial charge on any atom is -0.371 e. The molecule has 1 fully saturated rings. The van der Waals surface area contributed by atoms with Gasteiger partial charge in [0.1, 0.15) is 0 Å². The summed E-state index contributed by atoms with van der Waals surface area (Å²) in [6.07, 6.45) is 5.33. The Morgan fingerprint density at radius 3 is 3.00 bits per heavy atom. The van der Waals surface area contributed by atoms with Gasteiger partial charge in [0.05, 0.1) is 6.33 Å². The molecule has 1 aliphatic heterocycles. The van der Waals surface area contributed by atoms with Crippen molar-refractivity contribution in [1.29, 1.82) is 0 Å². The summed E-state index contributed by atoms with van der Waals surface area (Å²) in [6.45, 7) is 3.48. The lowest BCUT2D eigenvalue weighted by atomic mass is 10.1. The van der Waals surface area contributed by atoms with E-state index in [-0.39, 0.29) is 6.03 Å². The molecule has 3 rings (SSSR count). The van der Waals surface area contributed by atoms with Crippen molar-refractivity contribution in [2.45, 2.75) is 12.8 Å². The van der Waals surface area contributed by atoms with Gasteiger partial charge in [-0.15, -0.1) is 0 Å². The highest BCUT2D eigenvalue weighted by Crippen LogP contribution is 2.23. The largest absolute Gasteiger partial charge is 0.371 e. The van der Waals surface area contributed by atoms with Crippen LogP contribution in [0.5, 0.6) is 0 Å². The van der Waals surface area contributed by atoms with E-state index in [4.69, 9.17) is 0 Å². The molecule has 2 aromatic rings. The fourth-order valence-electron chi connectivity index (χ4n) is 3.19.